The van der Waals surface area contributed by atoms with Crippen LogP contribution in [0.4, 0.5) is 0 Å². The highest BCUT2D eigenvalue weighted by molar-refractivity contribution is 8.00. The fourth-order valence-electron chi connectivity index (χ4n) is 1.89. The molecule has 0 spiro atoms. The molecule has 1 aromatic carbocycles. The summed E-state index contributed by atoms with van der Waals surface area (Å²) in [6, 6.07) is 7.60. The Labute approximate surface area is 128 Å². The number of methoxy groups -OCH3 is 1. The van der Waals surface area contributed by atoms with Crippen LogP contribution in [0.15, 0.2) is 41.6 Å². The highest BCUT2D eigenvalue weighted by Crippen LogP contribution is 2.21. The Kier molecular flexibility index (Phi) is 5.68. The lowest BCUT2D eigenvalue weighted by Crippen LogP contribution is -2.30. The van der Waals surface area contributed by atoms with E-state index in [1.165, 1.54) is 11.8 Å². The normalized spacial score (nSPS) is 11.9. The van der Waals surface area contributed by atoms with Gasteiger partial charge in [-0.3, -0.25) is 4.79 Å². The Bertz CT molecular complexity index is 555. The van der Waals surface area contributed by atoms with Gasteiger partial charge >= 0.3 is 0 Å². The molecule has 1 amide bonds. The number of hydrogen-bond acceptors (Lipinski definition) is 4. The lowest BCUT2D eigenvalue weighted by atomic mass is 10.2. The van der Waals surface area contributed by atoms with Crippen LogP contribution >= 0.6 is 11.8 Å². The Morgan fingerprint density at radius 1 is 1.43 bits per heavy atom. The van der Waals surface area contributed by atoms with E-state index in [1.807, 2.05) is 31.2 Å². The van der Waals surface area contributed by atoms with Gasteiger partial charge in [0.1, 0.15) is 11.6 Å². The molecule has 0 fully saturated rings. The van der Waals surface area contributed by atoms with Crippen molar-refractivity contribution in [3.05, 3.63) is 42.5 Å². The first-order chi connectivity index (χ1) is 10.2. The molecular formula is C15H19N3O2S. The Balaban J connectivity index is 1.83. The van der Waals surface area contributed by atoms with Crippen LogP contribution in [0.1, 0.15) is 25.2 Å². The van der Waals surface area contributed by atoms with Crippen molar-refractivity contribution in [3.63, 3.8) is 0 Å². The Morgan fingerprint density at radius 3 is 2.76 bits per heavy atom. The van der Waals surface area contributed by atoms with Gasteiger partial charge in [-0.25, -0.2) is 4.98 Å². The number of aromatic nitrogens is 2. The van der Waals surface area contributed by atoms with Crippen molar-refractivity contribution < 1.29 is 9.53 Å². The molecule has 21 heavy (non-hydrogen) atoms. The van der Waals surface area contributed by atoms with E-state index in [2.05, 4.69) is 15.3 Å². The highest BCUT2D eigenvalue weighted by Gasteiger charge is 2.14. The molecule has 5 nitrogen and oxygen atoms in total. The molecule has 2 aromatic rings. The van der Waals surface area contributed by atoms with E-state index in [9.17, 15) is 4.79 Å². The van der Waals surface area contributed by atoms with Crippen molar-refractivity contribution in [2.75, 3.05) is 12.9 Å². The van der Waals surface area contributed by atoms with Crippen LogP contribution in [0, 0.1) is 0 Å². The molecule has 0 saturated carbocycles. The summed E-state index contributed by atoms with van der Waals surface area (Å²) in [6.45, 7) is 2.02. The predicted molar refractivity (Wildman–Crippen MR) is 83.5 cm³/mol. The van der Waals surface area contributed by atoms with Crippen LogP contribution in [0.2, 0.25) is 0 Å². The van der Waals surface area contributed by atoms with Gasteiger partial charge < -0.3 is 15.0 Å². The van der Waals surface area contributed by atoms with Crippen LogP contribution in [0.5, 0.6) is 5.75 Å². The van der Waals surface area contributed by atoms with Gasteiger partial charge in [-0.2, -0.15) is 0 Å². The third-order valence-corrected chi connectivity index (χ3v) is 4.03. The van der Waals surface area contributed by atoms with Crippen molar-refractivity contribution in [3.8, 4) is 5.75 Å². The number of carbonyl (C=O) groups excluding carboxylic acids is 1. The number of aromatic amines is 1. The van der Waals surface area contributed by atoms with Gasteiger partial charge in [0.05, 0.1) is 18.9 Å². The van der Waals surface area contributed by atoms with Crippen molar-refractivity contribution in [2.24, 2.45) is 0 Å². The van der Waals surface area contributed by atoms with E-state index in [0.29, 0.717) is 5.75 Å². The van der Waals surface area contributed by atoms with Gasteiger partial charge in [0.25, 0.3) is 0 Å². The molecule has 0 saturated heterocycles. The molecule has 1 aromatic heterocycles. The molecule has 1 atom stereocenters. The monoisotopic (exact) mass is 305 g/mol. The molecule has 0 radical (unpaired) electrons. The van der Waals surface area contributed by atoms with Crippen LogP contribution in [-0.4, -0.2) is 28.7 Å². The van der Waals surface area contributed by atoms with Crippen LogP contribution in [-0.2, 0) is 4.79 Å². The van der Waals surface area contributed by atoms with Crippen LogP contribution < -0.4 is 10.1 Å². The minimum Gasteiger partial charge on any atom is -0.497 e. The number of nitrogens with one attached hydrogen (secondary N) is 2. The van der Waals surface area contributed by atoms with E-state index in [-0.39, 0.29) is 11.9 Å². The van der Waals surface area contributed by atoms with E-state index < -0.39 is 0 Å². The average Bonchev–Trinajstić information content (AvgIpc) is 3.05. The number of hydrogen-bond donors (Lipinski definition) is 2. The molecule has 2 N–H and O–H groups in total. The zero-order chi connectivity index (χ0) is 15.1. The summed E-state index contributed by atoms with van der Waals surface area (Å²) in [5.41, 5.74) is 0. The van der Waals surface area contributed by atoms with Crippen molar-refractivity contribution in [1.29, 1.82) is 0 Å². The van der Waals surface area contributed by atoms with Crippen molar-refractivity contribution in [2.45, 2.75) is 24.3 Å². The molecule has 0 bridgehead atoms. The molecule has 2 rings (SSSR count). The van der Waals surface area contributed by atoms with Crippen molar-refractivity contribution >= 4 is 17.7 Å². The maximum Gasteiger partial charge on any atom is 0.230 e. The quantitative estimate of drug-likeness (QED) is 0.772. The number of rotatable bonds is 7. The molecule has 1 unspecified atom stereocenters. The number of carbonyl (C=O) groups is 1. The first-order valence-corrected chi connectivity index (χ1v) is 7.77. The second-order valence-electron chi connectivity index (χ2n) is 4.47. The molecule has 1 heterocycles. The van der Waals surface area contributed by atoms with E-state index >= 15 is 0 Å². The largest absolute Gasteiger partial charge is 0.497 e. The molecule has 112 valence electrons. The second-order valence-corrected chi connectivity index (χ2v) is 5.52. The van der Waals surface area contributed by atoms with Gasteiger partial charge in [0, 0.05) is 17.3 Å². The summed E-state index contributed by atoms with van der Waals surface area (Å²) in [6.07, 6.45) is 4.25. The maximum atomic E-state index is 12.0. The number of ether oxygens (including phenoxy) is 1. The van der Waals surface area contributed by atoms with E-state index in [1.54, 1.807) is 19.5 Å². The summed E-state index contributed by atoms with van der Waals surface area (Å²) in [7, 11) is 1.63. The topological polar surface area (TPSA) is 67.0 Å². The maximum absolute atomic E-state index is 12.0. The number of nitrogens with zero attached hydrogens (tertiary/aromatic N) is 1. The molecular weight excluding hydrogens is 286 g/mol. The summed E-state index contributed by atoms with van der Waals surface area (Å²) in [5, 5.41) is 2.98. The number of H-pyrrole nitrogens is 1. The summed E-state index contributed by atoms with van der Waals surface area (Å²) < 4.78 is 5.10. The standard InChI is InChI=1S/C15H19N3O2S/c1-3-13(15-16-8-9-17-15)18-14(19)10-21-12-6-4-11(20-2)5-7-12/h4-9,13H,3,10H2,1-2H3,(H,16,17)(H,18,19). The molecule has 0 aliphatic heterocycles. The summed E-state index contributed by atoms with van der Waals surface area (Å²) in [4.78, 5) is 20.3. The lowest BCUT2D eigenvalue weighted by Gasteiger charge is -2.14. The summed E-state index contributed by atoms with van der Waals surface area (Å²) in [5.74, 6) is 1.98. The molecule has 6 heteroatoms. The third-order valence-electron chi connectivity index (χ3n) is 3.02. The number of amides is 1. The first-order valence-electron chi connectivity index (χ1n) is 6.78. The van der Waals surface area contributed by atoms with Gasteiger partial charge in [0.2, 0.25) is 5.91 Å². The highest BCUT2D eigenvalue weighted by atomic mass is 32.2. The fourth-order valence-corrected chi connectivity index (χ4v) is 2.60. The minimum atomic E-state index is -0.0658. The van der Waals surface area contributed by atoms with Gasteiger partial charge in [-0.05, 0) is 30.7 Å². The van der Waals surface area contributed by atoms with Gasteiger partial charge in [-0.15, -0.1) is 11.8 Å². The average molecular weight is 305 g/mol. The third kappa shape index (κ3) is 4.53. The Morgan fingerprint density at radius 2 is 2.19 bits per heavy atom. The number of thioether (sulfide) groups is 1. The molecule has 0 aliphatic carbocycles. The van der Waals surface area contributed by atoms with Gasteiger partial charge in [-0.1, -0.05) is 6.92 Å². The van der Waals surface area contributed by atoms with E-state index in [4.69, 9.17) is 4.74 Å². The number of imidazole rings is 1. The van der Waals surface area contributed by atoms with Crippen LogP contribution in [0.25, 0.3) is 0 Å². The first kappa shape index (κ1) is 15.4. The van der Waals surface area contributed by atoms with E-state index in [0.717, 1.165) is 22.9 Å². The smallest absolute Gasteiger partial charge is 0.230 e. The molecule has 0 aliphatic rings. The lowest BCUT2D eigenvalue weighted by molar-refractivity contribution is -0.119. The zero-order valence-corrected chi connectivity index (χ0v) is 12.9. The SMILES string of the molecule is CCC(NC(=O)CSc1ccc(OC)cc1)c1ncc[nH]1. The fraction of sp³-hybridized carbons (Fsp3) is 0.333. The predicted octanol–water partition coefficient (Wildman–Crippen LogP) is 2.78. The van der Waals surface area contributed by atoms with Gasteiger partial charge in [0.15, 0.2) is 0 Å². The Hall–Kier alpha value is -1.95. The van der Waals surface area contributed by atoms with Crippen LogP contribution in [0.3, 0.4) is 0 Å². The zero-order valence-electron chi connectivity index (χ0n) is 12.1. The second kappa shape index (κ2) is 7.73. The van der Waals surface area contributed by atoms with Crippen molar-refractivity contribution in [1.82, 2.24) is 15.3 Å². The summed E-state index contributed by atoms with van der Waals surface area (Å²) >= 11 is 1.50. The minimum absolute atomic E-state index is 0.000863. The number of benzene rings is 1.